The number of aromatic nitrogens is 2. The Morgan fingerprint density at radius 1 is 0.938 bits per heavy atom. The van der Waals surface area contributed by atoms with Gasteiger partial charge < -0.3 is 0 Å². The Hall–Kier alpha value is -1.41. The highest BCUT2D eigenvalue weighted by molar-refractivity contribution is 5.16. The van der Waals surface area contributed by atoms with Crippen LogP contribution in [0, 0.1) is 6.07 Å². The molecule has 1 radical (unpaired) electrons. The summed E-state index contributed by atoms with van der Waals surface area (Å²) in [6.07, 6.45) is -11.6. The van der Waals surface area contributed by atoms with Crippen molar-refractivity contribution < 1.29 is 30.7 Å². The van der Waals surface area contributed by atoms with Gasteiger partial charge in [0.05, 0.1) is 6.20 Å². The molecule has 0 spiro atoms. The van der Waals surface area contributed by atoms with Crippen molar-refractivity contribution in [3.8, 4) is 0 Å². The standard InChI is InChI=1S/C7H2F7N2/c8-5(6(9,10)11,7(12,13)14)4-2-1-3-15-16-4/h2-3H. The van der Waals surface area contributed by atoms with Gasteiger partial charge in [0, 0.05) is 6.07 Å². The molecule has 1 rings (SSSR count). The average molecular weight is 247 g/mol. The predicted molar refractivity (Wildman–Crippen MR) is 35.8 cm³/mol. The third-order valence-corrected chi connectivity index (χ3v) is 1.65. The molecule has 1 aromatic rings. The average Bonchev–Trinajstić information content (AvgIpc) is 2.14. The quantitative estimate of drug-likeness (QED) is 0.713. The van der Waals surface area contributed by atoms with Crippen molar-refractivity contribution >= 4 is 0 Å². The van der Waals surface area contributed by atoms with Gasteiger partial charge in [0.2, 0.25) is 0 Å². The summed E-state index contributed by atoms with van der Waals surface area (Å²) in [5.41, 5.74) is -7.43. The smallest absolute Gasteiger partial charge is 0.216 e. The Morgan fingerprint density at radius 3 is 1.75 bits per heavy atom. The molecule has 0 aliphatic carbocycles. The Kier molecular flexibility index (Phi) is 2.82. The van der Waals surface area contributed by atoms with Gasteiger partial charge in [0.25, 0.3) is 0 Å². The van der Waals surface area contributed by atoms with E-state index in [1.807, 2.05) is 0 Å². The monoisotopic (exact) mass is 247 g/mol. The first kappa shape index (κ1) is 12.7. The van der Waals surface area contributed by atoms with E-state index >= 15 is 0 Å². The van der Waals surface area contributed by atoms with Gasteiger partial charge in [-0.05, 0) is 6.07 Å². The number of alkyl halides is 7. The van der Waals surface area contributed by atoms with E-state index in [1.54, 1.807) is 6.07 Å². The molecule has 89 valence electrons. The fraction of sp³-hybridized carbons (Fsp3) is 0.429. The van der Waals surface area contributed by atoms with E-state index in [4.69, 9.17) is 0 Å². The zero-order valence-corrected chi connectivity index (χ0v) is 7.19. The lowest BCUT2D eigenvalue weighted by Crippen LogP contribution is -2.51. The van der Waals surface area contributed by atoms with Crippen molar-refractivity contribution in [1.82, 2.24) is 10.2 Å². The van der Waals surface area contributed by atoms with Crippen LogP contribution in [0.3, 0.4) is 0 Å². The summed E-state index contributed by atoms with van der Waals surface area (Å²) in [6.45, 7) is 0. The lowest BCUT2D eigenvalue weighted by molar-refractivity contribution is -0.350. The van der Waals surface area contributed by atoms with Crippen LogP contribution in [-0.2, 0) is 5.67 Å². The highest BCUT2D eigenvalue weighted by atomic mass is 19.4. The molecule has 0 amide bonds. The Labute approximate surface area is 84.1 Å². The second-order valence-electron chi connectivity index (χ2n) is 2.69. The van der Waals surface area contributed by atoms with Crippen molar-refractivity contribution in [3.05, 3.63) is 24.0 Å². The van der Waals surface area contributed by atoms with Gasteiger partial charge in [0.15, 0.2) is 0 Å². The minimum Gasteiger partial charge on any atom is -0.216 e. The van der Waals surface area contributed by atoms with E-state index < -0.39 is 23.7 Å². The fourth-order valence-corrected chi connectivity index (χ4v) is 0.889. The number of hydrogen-bond donors (Lipinski definition) is 0. The third kappa shape index (κ3) is 1.81. The maximum absolute atomic E-state index is 13.2. The van der Waals surface area contributed by atoms with Crippen LogP contribution in [0.25, 0.3) is 0 Å². The van der Waals surface area contributed by atoms with E-state index in [2.05, 4.69) is 10.2 Å². The fourth-order valence-electron chi connectivity index (χ4n) is 0.889. The zero-order chi connectivity index (χ0) is 12.6. The Bertz CT molecular complexity index is 341. The second kappa shape index (κ2) is 3.56. The predicted octanol–water partition coefficient (Wildman–Crippen LogP) is 2.57. The molecule has 2 nitrogen and oxygen atoms in total. The SMILES string of the molecule is FC(F)(F)C(F)(c1c[c]cnn1)C(F)(F)F. The summed E-state index contributed by atoms with van der Waals surface area (Å²) < 4.78 is 85.8. The minimum absolute atomic E-state index is 0.147. The zero-order valence-electron chi connectivity index (χ0n) is 7.19. The molecule has 16 heavy (non-hydrogen) atoms. The molecule has 0 saturated carbocycles. The molecule has 0 aliphatic rings. The number of rotatable bonds is 1. The van der Waals surface area contributed by atoms with E-state index in [0.29, 0.717) is 6.20 Å². The lowest BCUT2D eigenvalue weighted by Gasteiger charge is -2.28. The first-order valence-electron chi connectivity index (χ1n) is 3.62. The maximum atomic E-state index is 13.2. The van der Waals surface area contributed by atoms with Crippen molar-refractivity contribution in [2.24, 2.45) is 0 Å². The summed E-state index contributed by atoms with van der Waals surface area (Å²) in [4.78, 5) is 0. The number of halogens is 7. The third-order valence-electron chi connectivity index (χ3n) is 1.65. The van der Waals surface area contributed by atoms with E-state index in [0.717, 1.165) is 0 Å². The van der Waals surface area contributed by atoms with E-state index in [1.165, 1.54) is 0 Å². The molecule has 0 unspecified atom stereocenters. The number of hydrogen-bond acceptors (Lipinski definition) is 2. The molecule has 0 saturated heterocycles. The van der Waals surface area contributed by atoms with Crippen LogP contribution < -0.4 is 0 Å². The topological polar surface area (TPSA) is 25.8 Å². The molecule has 1 aromatic heterocycles. The van der Waals surface area contributed by atoms with Crippen LogP contribution in [0.1, 0.15) is 5.69 Å². The molecule has 0 N–H and O–H groups in total. The van der Waals surface area contributed by atoms with Crippen molar-refractivity contribution in [1.29, 1.82) is 0 Å². The molecule has 1 heterocycles. The Morgan fingerprint density at radius 2 is 1.44 bits per heavy atom. The highest BCUT2D eigenvalue weighted by Gasteiger charge is 2.74. The normalized spacial score (nSPS) is 13.9. The molecular formula is C7H2F7N2. The van der Waals surface area contributed by atoms with Crippen molar-refractivity contribution in [2.45, 2.75) is 18.0 Å². The summed E-state index contributed by atoms with van der Waals surface area (Å²) in [7, 11) is 0. The van der Waals surface area contributed by atoms with Crippen LogP contribution in [0.15, 0.2) is 12.3 Å². The lowest BCUT2D eigenvalue weighted by atomic mass is 10.0. The molecule has 0 bridgehead atoms. The Balaban J connectivity index is 3.39. The van der Waals surface area contributed by atoms with Gasteiger partial charge in [-0.15, -0.1) is 0 Å². The second-order valence-corrected chi connectivity index (χ2v) is 2.69. The van der Waals surface area contributed by atoms with Crippen molar-refractivity contribution in [3.63, 3.8) is 0 Å². The highest BCUT2D eigenvalue weighted by Crippen LogP contribution is 2.52. The van der Waals surface area contributed by atoms with Crippen LogP contribution >= 0.6 is 0 Å². The molecule has 0 atom stereocenters. The van der Waals surface area contributed by atoms with Gasteiger partial charge in [-0.2, -0.15) is 36.5 Å². The molecule has 0 fully saturated rings. The van der Waals surface area contributed by atoms with Crippen molar-refractivity contribution in [2.75, 3.05) is 0 Å². The van der Waals surface area contributed by atoms with Crippen LogP contribution in [0.2, 0.25) is 0 Å². The number of nitrogens with zero attached hydrogens (tertiary/aromatic N) is 2. The molecule has 0 aliphatic heterocycles. The largest absolute Gasteiger partial charge is 0.437 e. The minimum atomic E-state index is -6.17. The van der Waals surface area contributed by atoms with Crippen LogP contribution in [-0.4, -0.2) is 22.5 Å². The summed E-state index contributed by atoms with van der Waals surface area (Å²) in [5.74, 6) is 0. The van der Waals surface area contributed by atoms with Gasteiger partial charge in [-0.25, -0.2) is 4.39 Å². The van der Waals surface area contributed by atoms with Crippen LogP contribution in [0.4, 0.5) is 30.7 Å². The molecule has 0 aromatic carbocycles. The van der Waals surface area contributed by atoms with E-state index in [9.17, 15) is 30.7 Å². The first-order chi connectivity index (χ1) is 7.11. The van der Waals surface area contributed by atoms with Crippen LogP contribution in [0.5, 0.6) is 0 Å². The van der Waals surface area contributed by atoms with E-state index in [-0.39, 0.29) is 6.07 Å². The summed E-state index contributed by atoms with van der Waals surface area (Å²) in [6, 6.07) is 1.94. The van der Waals surface area contributed by atoms with Gasteiger partial charge >= 0.3 is 18.0 Å². The summed E-state index contributed by atoms with van der Waals surface area (Å²) in [5, 5.41) is 5.22. The maximum Gasteiger partial charge on any atom is 0.437 e. The molecule has 9 heteroatoms. The first-order valence-corrected chi connectivity index (χ1v) is 3.62. The molecular weight excluding hydrogens is 245 g/mol. The van der Waals surface area contributed by atoms with Gasteiger partial charge in [0.1, 0.15) is 5.69 Å². The van der Waals surface area contributed by atoms with Gasteiger partial charge in [-0.1, -0.05) is 0 Å². The summed E-state index contributed by atoms with van der Waals surface area (Å²) >= 11 is 0. The van der Waals surface area contributed by atoms with Gasteiger partial charge in [-0.3, -0.25) is 0 Å².